The van der Waals surface area contributed by atoms with Gasteiger partial charge >= 0.3 is 0 Å². The van der Waals surface area contributed by atoms with E-state index in [1.54, 1.807) is 0 Å². The van der Waals surface area contributed by atoms with Crippen LogP contribution in [0.25, 0.3) is 0 Å². The zero-order valence-corrected chi connectivity index (χ0v) is 10.9. The van der Waals surface area contributed by atoms with Gasteiger partial charge in [0.1, 0.15) is 0 Å². The minimum atomic E-state index is 0.244. The van der Waals surface area contributed by atoms with Gasteiger partial charge in [0.2, 0.25) is 0 Å². The summed E-state index contributed by atoms with van der Waals surface area (Å²) in [5.41, 5.74) is 7.56. The average Bonchev–Trinajstić information content (AvgIpc) is 2.24. The van der Waals surface area contributed by atoms with Gasteiger partial charge in [-0.3, -0.25) is 15.3 Å². The number of nitrogens with one attached hydrogen (secondary N) is 1. The minimum Gasteiger partial charge on any atom is -0.388 e. The highest BCUT2D eigenvalue weighted by atomic mass is 15.2. The second-order valence-corrected chi connectivity index (χ2v) is 4.41. The predicted octanol–water partition coefficient (Wildman–Crippen LogP) is 1.93. The van der Waals surface area contributed by atoms with Crippen molar-refractivity contribution in [1.29, 1.82) is 5.41 Å². The molecule has 4 heteroatoms. The van der Waals surface area contributed by atoms with Crippen LogP contribution in [-0.4, -0.2) is 28.3 Å². The molecule has 1 rings (SSSR count). The summed E-state index contributed by atoms with van der Waals surface area (Å²) < 4.78 is 0. The van der Waals surface area contributed by atoms with Gasteiger partial charge in [-0.2, -0.15) is 0 Å². The first kappa shape index (κ1) is 13.6. The number of hydrogen-bond acceptors (Lipinski definition) is 3. The number of rotatable bonds is 6. The summed E-state index contributed by atoms with van der Waals surface area (Å²) in [6.07, 6.45) is 0.611. The van der Waals surface area contributed by atoms with Crippen LogP contribution >= 0.6 is 0 Å². The lowest BCUT2D eigenvalue weighted by molar-refractivity contribution is 0.212. The summed E-state index contributed by atoms with van der Waals surface area (Å²) in [7, 11) is 0. The molecule has 0 saturated heterocycles. The molecule has 1 heterocycles. The van der Waals surface area contributed by atoms with E-state index in [9.17, 15) is 0 Å². The molecule has 4 nitrogen and oxygen atoms in total. The molecule has 1 aromatic heterocycles. The number of aryl methyl sites for hydroxylation is 1. The minimum absolute atomic E-state index is 0.244. The van der Waals surface area contributed by atoms with Gasteiger partial charge in [0.05, 0.1) is 11.5 Å². The summed E-state index contributed by atoms with van der Waals surface area (Å²) >= 11 is 0. The SMILES string of the molecule is CCN(Cc1cccc(C)n1)C(C)CC(=N)N. The van der Waals surface area contributed by atoms with Crippen molar-refractivity contribution in [1.82, 2.24) is 9.88 Å². The Hall–Kier alpha value is -1.42. The van der Waals surface area contributed by atoms with Gasteiger partial charge in [-0.1, -0.05) is 13.0 Å². The van der Waals surface area contributed by atoms with E-state index >= 15 is 0 Å². The maximum absolute atomic E-state index is 7.34. The van der Waals surface area contributed by atoms with E-state index in [-0.39, 0.29) is 11.9 Å². The van der Waals surface area contributed by atoms with E-state index in [1.165, 1.54) is 0 Å². The molecule has 0 amide bonds. The molecule has 0 saturated carbocycles. The van der Waals surface area contributed by atoms with Crippen LogP contribution in [0.5, 0.6) is 0 Å². The first-order chi connectivity index (χ1) is 8.02. The number of aromatic nitrogens is 1. The third kappa shape index (κ3) is 4.53. The Balaban J connectivity index is 2.66. The summed E-state index contributed by atoms with van der Waals surface area (Å²) in [5, 5.41) is 7.34. The summed E-state index contributed by atoms with van der Waals surface area (Å²) in [5.74, 6) is 0.244. The molecule has 1 aromatic rings. The molecule has 0 aliphatic rings. The Labute approximate surface area is 103 Å². The van der Waals surface area contributed by atoms with Crippen LogP contribution in [0.3, 0.4) is 0 Å². The van der Waals surface area contributed by atoms with Crippen LogP contribution in [0.15, 0.2) is 18.2 Å². The normalized spacial score (nSPS) is 12.7. The van der Waals surface area contributed by atoms with E-state index in [4.69, 9.17) is 11.1 Å². The van der Waals surface area contributed by atoms with Crippen molar-refractivity contribution in [2.45, 2.75) is 39.8 Å². The Morgan fingerprint density at radius 2 is 2.24 bits per heavy atom. The molecule has 0 aliphatic heterocycles. The monoisotopic (exact) mass is 234 g/mol. The third-order valence-corrected chi connectivity index (χ3v) is 2.86. The van der Waals surface area contributed by atoms with Crippen LogP contribution in [0.2, 0.25) is 0 Å². The van der Waals surface area contributed by atoms with E-state index in [0.717, 1.165) is 24.5 Å². The lowest BCUT2D eigenvalue weighted by atomic mass is 10.1. The first-order valence-corrected chi connectivity index (χ1v) is 6.02. The van der Waals surface area contributed by atoms with Crippen molar-refractivity contribution in [2.75, 3.05) is 6.54 Å². The summed E-state index contributed by atoms with van der Waals surface area (Å²) in [6.45, 7) is 7.96. The third-order valence-electron chi connectivity index (χ3n) is 2.86. The van der Waals surface area contributed by atoms with Crippen LogP contribution in [0, 0.1) is 12.3 Å². The van der Waals surface area contributed by atoms with Gasteiger partial charge in [0, 0.05) is 24.7 Å². The molecule has 0 fully saturated rings. The highest BCUT2D eigenvalue weighted by Crippen LogP contribution is 2.09. The second-order valence-electron chi connectivity index (χ2n) is 4.41. The van der Waals surface area contributed by atoms with Crippen LogP contribution < -0.4 is 5.73 Å². The number of hydrogen-bond donors (Lipinski definition) is 2. The second kappa shape index (κ2) is 6.35. The molecule has 3 N–H and O–H groups in total. The fraction of sp³-hybridized carbons (Fsp3) is 0.538. The average molecular weight is 234 g/mol. The Kier molecular flexibility index (Phi) is 5.10. The molecule has 0 aliphatic carbocycles. The van der Waals surface area contributed by atoms with Crippen molar-refractivity contribution in [3.05, 3.63) is 29.6 Å². The summed E-state index contributed by atoms with van der Waals surface area (Å²) in [4.78, 5) is 6.78. The van der Waals surface area contributed by atoms with Gasteiger partial charge in [-0.25, -0.2) is 0 Å². The molecule has 0 radical (unpaired) electrons. The topological polar surface area (TPSA) is 66.0 Å². The molecule has 17 heavy (non-hydrogen) atoms. The van der Waals surface area contributed by atoms with Gasteiger partial charge in [-0.05, 0) is 32.5 Å². The van der Waals surface area contributed by atoms with E-state index < -0.39 is 0 Å². The summed E-state index contributed by atoms with van der Waals surface area (Å²) in [6, 6.07) is 6.34. The van der Waals surface area contributed by atoms with Crippen molar-refractivity contribution >= 4 is 5.84 Å². The molecule has 0 bridgehead atoms. The number of nitrogens with two attached hydrogens (primary N) is 1. The maximum Gasteiger partial charge on any atom is 0.0920 e. The number of pyridine rings is 1. The van der Waals surface area contributed by atoms with Gasteiger partial charge < -0.3 is 5.73 Å². The lowest BCUT2D eigenvalue weighted by Gasteiger charge is -2.27. The molecular weight excluding hydrogens is 212 g/mol. The van der Waals surface area contributed by atoms with Crippen LogP contribution in [-0.2, 0) is 6.54 Å². The molecule has 0 aromatic carbocycles. The van der Waals surface area contributed by atoms with Crippen molar-refractivity contribution in [3.8, 4) is 0 Å². The highest BCUT2D eigenvalue weighted by molar-refractivity contribution is 5.77. The molecule has 0 spiro atoms. The standard InChI is InChI=1S/C13H22N4/c1-4-17(11(3)8-13(14)15)9-12-7-5-6-10(2)16-12/h5-7,11H,4,8-9H2,1-3H3,(H3,14,15). The Morgan fingerprint density at radius 3 is 2.76 bits per heavy atom. The number of amidine groups is 1. The van der Waals surface area contributed by atoms with E-state index in [0.29, 0.717) is 6.42 Å². The van der Waals surface area contributed by atoms with Crippen molar-refractivity contribution < 1.29 is 0 Å². The highest BCUT2D eigenvalue weighted by Gasteiger charge is 2.13. The maximum atomic E-state index is 7.34. The zero-order chi connectivity index (χ0) is 12.8. The predicted molar refractivity (Wildman–Crippen MR) is 71.1 cm³/mol. The largest absolute Gasteiger partial charge is 0.388 e. The number of nitrogens with zero attached hydrogens (tertiary/aromatic N) is 2. The van der Waals surface area contributed by atoms with Gasteiger partial charge in [0.25, 0.3) is 0 Å². The smallest absolute Gasteiger partial charge is 0.0920 e. The van der Waals surface area contributed by atoms with Crippen LogP contribution in [0.1, 0.15) is 31.7 Å². The quantitative estimate of drug-likeness (QED) is 0.584. The van der Waals surface area contributed by atoms with E-state index in [2.05, 4.69) is 23.7 Å². The van der Waals surface area contributed by atoms with E-state index in [1.807, 2.05) is 25.1 Å². The fourth-order valence-electron chi connectivity index (χ4n) is 1.92. The molecule has 1 atom stereocenters. The van der Waals surface area contributed by atoms with Gasteiger partial charge in [0.15, 0.2) is 0 Å². The molecule has 94 valence electrons. The van der Waals surface area contributed by atoms with Crippen molar-refractivity contribution in [2.24, 2.45) is 5.73 Å². The lowest BCUT2D eigenvalue weighted by Crippen LogP contribution is -2.35. The molecule has 1 unspecified atom stereocenters. The van der Waals surface area contributed by atoms with Crippen molar-refractivity contribution in [3.63, 3.8) is 0 Å². The Bertz CT molecular complexity index is 375. The van der Waals surface area contributed by atoms with Crippen LogP contribution in [0.4, 0.5) is 0 Å². The Morgan fingerprint density at radius 1 is 1.53 bits per heavy atom. The zero-order valence-electron chi connectivity index (χ0n) is 10.9. The van der Waals surface area contributed by atoms with Gasteiger partial charge in [-0.15, -0.1) is 0 Å². The first-order valence-electron chi connectivity index (χ1n) is 6.02. The molecular formula is C13H22N4. The fourth-order valence-corrected chi connectivity index (χ4v) is 1.92.